The second-order valence-electron chi connectivity index (χ2n) is 4.60. The van der Waals surface area contributed by atoms with Crippen molar-refractivity contribution in [3.8, 4) is 0 Å². The standard InChI is InChI=1S/C15H20FNO2S/c1-11(18)17-13-9-6-8-12(15(13)16)7-4-3-5-10-14(19)20-2/h6,8-9H,3-5,7,10H2,1-2H3,(H,17,18). The van der Waals surface area contributed by atoms with E-state index in [1.54, 1.807) is 24.5 Å². The molecule has 0 saturated carbocycles. The van der Waals surface area contributed by atoms with Crippen LogP contribution in [0.4, 0.5) is 10.1 Å². The van der Waals surface area contributed by atoms with Crippen molar-refractivity contribution in [3.05, 3.63) is 29.6 Å². The van der Waals surface area contributed by atoms with Gasteiger partial charge in [0.1, 0.15) is 5.82 Å². The van der Waals surface area contributed by atoms with Gasteiger partial charge in [-0.15, -0.1) is 0 Å². The summed E-state index contributed by atoms with van der Waals surface area (Å²) < 4.78 is 14.1. The van der Waals surface area contributed by atoms with Crippen molar-refractivity contribution < 1.29 is 14.0 Å². The first-order valence-electron chi connectivity index (χ1n) is 6.66. The van der Waals surface area contributed by atoms with E-state index in [0.717, 1.165) is 19.3 Å². The molecule has 0 heterocycles. The van der Waals surface area contributed by atoms with Gasteiger partial charge in [0.25, 0.3) is 0 Å². The van der Waals surface area contributed by atoms with Crippen LogP contribution in [0, 0.1) is 5.82 Å². The summed E-state index contributed by atoms with van der Waals surface area (Å²) in [5, 5.41) is 2.67. The average Bonchev–Trinajstić information content (AvgIpc) is 2.41. The molecule has 0 atom stereocenters. The molecular weight excluding hydrogens is 277 g/mol. The second-order valence-corrected chi connectivity index (χ2v) is 5.46. The highest BCUT2D eigenvalue weighted by molar-refractivity contribution is 8.13. The number of unbranched alkanes of at least 4 members (excludes halogenated alkanes) is 2. The molecule has 1 N–H and O–H groups in total. The molecule has 20 heavy (non-hydrogen) atoms. The fourth-order valence-corrected chi connectivity index (χ4v) is 2.27. The van der Waals surface area contributed by atoms with Gasteiger partial charge >= 0.3 is 0 Å². The van der Waals surface area contributed by atoms with E-state index in [-0.39, 0.29) is 22.5 Å². The number of hydrogen-bond donors (Lipinski definition) is 1. The lowest BCUT2D eigenvalue weighted by Gasteiger charge is -2.08. The van der Waals surface area contributed by atoms with Gasteiger partial charge in [-0.2, -0.15) is 0 Å². The van der Waals surface area contributed by atoms with Crippen LogP contribution in [-0.2, 0) is 16.0 Å². The number of halogens is 1. The van der Waals surface area contributed by atoms with Gasteiger partial charge < -0.3 is 5.32 Å². The minimum absolute atomic E-state index is 0.198. The molecule has 0 saturated heterocycles. The maximum Gasteiger partial charge on any atom is 0.221 e. The maximum absolute atomic E-state index is 14.1. The van der Waals surface area contributed by atoms with E-state index in [1.165, 1.54) is 18.7 Å². The average molecular weight is 297 g/mol. The topological polar surface area (TPSA) is 46.2 Å². The van der Waals surface area contributed by atoms with Crippen LogP contribution >= 0.6 is 11.8 Å². The van der Waals surface area contributed by atoms with Crippen molar-refractivity contribution in [1.82, 2.24) is 0 Å². The minimum atomic E-state index is -0.358. The molecule has 0 aliphatic rings. The van der Waals surface area contributed by atoms with Gasteiger partial charge in [-0.25, -0.2) is 4.39 Å². The highest BCUT2D eigenvalue weighted by Crippen LogP contribution is 2.20. The lowest BCUT2D eigenvalue weighted by molar-refractivity contribution is -0.114. The fraction of sp³-hybridized carbons (Fsp3) is 0.467. The van der Waals surface area contributed by atoms with Gasteiger partial charge in [0.2, 0.25) is 5.91 Å². The largest absolute Gasteiger partial charge is 0.324 e. The number of carbonyl (C=O) groups excluding carboxylic acids is 2. The fourth-order valence-electron chi connectivity index (χ4n) is 1.92. The number of rotatable bonds is 7. The van der Waals surface area contributed by atoms with Crippen molar-refractivity contribution >= 4 is 28.5 Å². The molecule has 1 aromatic carbocycles. The summed E-state index contributed by atoms with van der Waals surface area (Å²) >= 11 is 1.25. The van der Waals surface area contributed by atoms with E-state index in [1.807, 2.05) is 0 Å². The van der Waals surface area contributed by atoms with Crippen LogP contribution in [-0.4, -0.2) is 17.3 Å². The molecule has 0 radical (unpaired) electrons. The lowest BCUT2D eigenvalue weighted by Crippen LogP contribution is -2.08. The van der Waals surface area contributed by atoms with Crippen LogP contribution < -0.4 is 5.32 Å². The number of thioether (sulfide) groups is 1. The van der Waals surface area contributed by atoms with E-state index < -0.39 is 0 Å². The van der Waals surface area contributed by atoms with E-state index in [0.29, 0.717) is 18.4 Å². The van der Waals surface area contributed by atoms with E-state index in [4.69, 9.17) is 0 Å². The lowest BCUT2D eigenvalue weighted by atomic mass is 10.0. The normalized spacial score (nSPS) is 10.3. The Kier molecular flexibility index (Phi) is 7.30. The quantitative estimate of drug-likeness (QED) is 0.779. The molecule has 0 aliphatic carbocycles. The van der Waals surface area contributed by atoms with E-state index in [2.05, 4.69) is 5.32 Å². The Labute approximate surface area is 123 Å². The molecule has 5 heteroatoms. The summed E-state index contributed by atoms with van der Waals surface area (Å²) in [6.07, 6.45) is 5.55. The number of nitrogens with one attached hydrogen (secondary N) is 1. The number of anilines is 1. The second kappa shape index (κ2) is 8.74. The molecule has 1 amide bonds. The zero-order valence-corrected chi connectivity index (χ0v) is 12.7. The molecule has 1 rings (SSSR count). The summed E-state index contributed by atoms with van der Waals surface area (Å²) in [4.78, 5) is 22.1. The van der Waals surface area contributed by atoms with Gasteiger partial charge in [0, 0.05) is 13.3 Å². The number of amides is 1. The van der Waals surface area contributed by atoms with Crippen molar-refractivity contribution in [1.29, 1.82) is 0 Å². The first-order chi connectivity index (χ1) is 9.54. The van der Waals surface area contributed by atoms with Crippen molar-refractivity contribution in [3.63, 3.8) is 0 Å². The Morgan fingerprint density at radius 2 is 2.00 bits per heavy atom. The van der Waals surface area contributed by atoms with Crippen molar-refractivity contribution in [2.45, 2.75) is 39.0 Å². The highest BCUT2D eigenvalue weighted by Gasteiger charge is 2.08. The predicted molar refractivity (Wildman–Crippen MR) is 81.4 cm³/mol. The SMILES string of the molecule is CSC(=O)CCCCCc1cccc(NC(C)=O)c1F. The molecule has 0 fully saturated rings. The zero-order valence-electron chi connectivity index (χ0n) is 11.9. The number of carbonyl (C=O) groups is 2. The molecule has 0 bridgehead atoms. The molecule has 1 aromatic rings. The molecule has 0 aliphatic heterocycles. The Morgan fingerprint density at radius 1 is 1.25 bits per heavy atom. The van der Waals surface area contributed by atoms with Crippen molar-refractivity contribution in [2.24, 2.45) is 0 Å². The van der Waals surface area contributed by atoms with Gasteiger partial charge in [-0.1, -0.05) is 30.3 Å². The van der Waals surface area contributed by atoms with Crippen LogP contribution in [0.3, 0.4) is 0 Å². The minimum Gasteiger partial charge on any atom is -0.324 e. The smallest absolute Gasteiger partial charge is 0.221 e. The van der Waals surface area contributed by atoms with Gasteiger partial charge in [0.15, 0.2) is 5.12 Å². The Hall–Kier alpha value is -1.36. The van der Waals surface area contributed by atoms with Crippen LogP contribution in [0.1, 0.15) is 38.2 Å². The van der Waals surface area contributed by atoms with Gasteiger partial charge in [0.05, 0.1) is 5.69 Å². The number of hydrogen-bond acceptors (Lipinski definition) is 3. The van der Waals surface area contributed by atoms with E-state index >= 15 is 0 Å². The Bertz CT molecular complexity index is 477. The van der Waals surface area contributed by atoms with Gasteiger partial charge in [-0.3, -0.25) is 9.59 Å². The Morgan fingerprint density at radius 3 is 2.65 bits per heavy atom. The summed E-state index contributed by atoms with van der Waals surface area (Å²) in [6.45, 7) is 1.36. The molecule has 0 unspecified atom stereocenters. The van der Waals surface area contributed by atoms with Crippen LogP contribution in [0.5, 0.6) is 0 Å². The molecular formula is C15H20FNO2S. The first-order valence-corrected chi connectivity index (χ1v) is 7.89. The summed E-state index contributed by atoms with van der Waals surface area (Å²) in [6, 6.07) is 5.02. The summed E-state index contributed by atoms with van der Waals surface area (Å²) in [7, 11) is 0. The van der Waals surface area contributed by atoms with Crippen molar-refractivity contribution in [2.75, 3.05) is 11.6 Å². The summed E-state index contributed by atoms with van der Waals surface area (Å²) in [5.74, 6) is -0.639. The van der Waals surface area contributed by atoms with Crippen LogP contribution in [0.15, 0.2) is 18.2 Å². The predicted octanol–water partition coefficient (Wildman–Crippen LogP) is 3.78. The maximum atomic E-state index is 14.1. The highest BCUT2D eigenvalue weighted by atomic mass is 32.2. The van der Waals surface area contributed by atoms with Gasteiger partial charge in [-0.05, 0) is 37.1 Å². The first kappa shape index (κ1) is 16.7. The zero-order chi connectivity index (χ0) is 15.0. The number of benzene rings is 1. The third-order valence-electron chi connectivity index (χ3n) is 2.94. The van der Waals surface area contributed by atoms with Crippen LogP contribution in [0.2, 0.25) is 0 Å². The molecule has 0 aromatic heterocycles. The Balaban J connectivity index is 2.44. The third kappa shape index (κ3) is 5.74. The van der Waals surface area contributed by atoms with E-state index in [9.17, 15) is 14.0 Å². The molecule has 0 spiro atoms. The molecule has 110 valence electrons. The number of aryl methyl sites for hydroxylation is 1. The summed E-state index contributed by atoms with van der Waals surface area (Å²) in [5.41, 5.74) is 0.833. The monoisotopic (exact) mass is 297 g/mol. The third-order valence-corrected chi connectivity index (χ3v) is 3.60. The molecule has 3 nitrogen and oxygen atoms in total. The van der Waals surface area contributed by atoms with Crippen LogP contribution in [0.25, 0.3) is 0 Å².